The fourth-order valence-electron chi connectivity index (χ4n) is 4.72. The van der Waals surface area contributed by atoms with Crippen molar-refractivity contribution in [3.8, 4) is 28.7 Å². The molecule has 2 N–H and O–H groups in total. The van der Waals surface area contributed by atoms with E-state index in [4.69, 9.17) is 29.4 Å². The van der Waals surface area contributed by atoms with Crippen LogP contribution in [-0.4, -0.2) is 67.1 Å². The molecule has 1 atom stereocenters. The van der Waals surface area contributed by atoms with Crippen LogP contribution in [0, 0.1) is 5.92 Å². The highest BCUT2D eigenvalue weighted by atomic mass is 16.5. The number of nitrogens with two attached hydrogens (primary N) is 1. The minimum absolute atomic E-state index is 0.197. The Balaban J connectivity index is 2.10. The number of methoxy groups -OCH3 is 5. The SMILES string of the molecule is COc1ccc(CCN(C)CCCC(CN)(c2cc(OC)c(OC)c(OC)c2)C(C)C)cc1OC. The van der Waals surface area contributed by atoms with E-state index in [1.165, 1.54) is 5.56 Å². The minimum Gasteiger partial charge on any atom is -0.493 e. The van der Waals surface area contributed by atoms with Crippen LogP contribution in [0.2, 0.25) is 0 Å². The van der Waals surface area contributed by atoms with Gasteiger partial charge in [0.2, 0.25) is 5.75 Å². The average molecular weight is 489 g/mol. The summed E-state index contributed by atoms with van der Waals surface area (Å²) in [4.78, 5) is 2.37. The summed E-state index contributed by atoms with van der Waals surface area (Å²) in [5.41, 5.74) is 8.60. The zero-order valence-corrected chi connectivity index (χ0v) is 22.8. The highest BCUT2D eigenvalue weighted by Gasteiger charge is 2.35. The van der Waals surface area contributed by atoms with Gasteiger partial charge >= 0.3 is 0 Å². The minimum atomic E-state index is -0.197. The van der Waals surface area contributed by atoms with E-state index < -0.39 is 0 Å². The number of likely N-dealkylation sites (N-methyl/N-ethyl adjacent to an activating group) is 1. The van der Waals surface area contributed by atoms with Crippen LogP contribution < -0.4 is 29.4 Å². The topological polar surface area (TPSA) is 75.4 Å². The summed E-state index contributed by atoms with van der Waals surface area (Å²) in [5.74, 6) is 3.78. The molecule has 0 saturated heterocycles. The first-order valence-corrected chi connectivity index (χ1v) is 12.2. The Bertz CT molecular complexity index is 909. The van der Waals surface area contributed by atoms with Crippen LogP contribution in [0.25, 0.3) is 0 Å². The lowest BCUT2D eigenvalue weighted by Crippen LogP contribution is -2.41. The Morgan fingerprint density at radius 3 is 1.89 bits per heavy atom. The van der Waals surface area contributed by atoms with Gasteiger partial charge in [-0.25, -0.2) is 0 Å². The standard InChI is InChI=1S/C28H44N2O5/c1-20(2)28(19-29,22-17-25(33-6)27(35-8)26(18-22)34-7)13-9-14-30(3)15-12-21-10-11-23(31-4)24(16-21)32-5/h10-11,16-18,20H,9,12-15,19,29H2,1-8H3. The summed E-state index contributed by atoms with van der Waals surface area (Å²) in [5, 5.41) is 0. The lowest BCUT2D eigenvalue weighted by molar-refractivity contribution is 0.253. The van der Waals surface area contributed by atoms with Gasteiger partial charge in [-0.3, -0.25) is 0 Å². The molecule has 0 spiro atoms. The fourth-order valence-corrected chi connectivity index (χ4v) is 4.72. The Labute approximate surface area is 211 Å². The zero-order chi connectivity index (χ0) is 26.0. The number of rotatable bonds is 15. The molecule has 0 aromatic heterocycles. The van der Waals surface area contributed by atoms with E-state index in [0.717, 1.165) is 49.4 Å². The van der Waals surface area contributed by atoms with Crippen LogP contribution in [0.15, 0.2) is 30.3 Å². The quantitative estimate of drug-likeness (QED) is 0.395. The van der Waals surface area contributed by atoms with E-state index in [2.05, 4.69) is 50.1 Å². The molecule has 0 bridgehead atoms. The number of benzene rings is 2. The predicted molar refractivity (Wildman–Crippen MR) is 142 cm³/mol. The number of hydrogen-bond donors (Lipinski definition) is 1. The Morgan fingerprint density at radius 2 is 1.40 bits per heavy atom. The van der Waals surface area contributed by atoms with Crippen molar-refractivity contribution in [2.75, 3.05) is 62.2 Å². The molecule has 2 aromatic carbocycles. The van der Waals surface area contributed by atoms with Gasteiger partial charge in [0.25, 0.3) is 0 Å². The van der Waals surface area contributed by atoms with Crippen LogP contribution in [0.3, 0.4) is 0 Å². The van der Waals surface area contributed by atoms with Crippen LogP contribution in [0.1, 0.15) is 37.8 Å². The smallest absolute Gasteiger partial charge is 0.203 e. The molecule has 196 valence electrons. The monoisotopic (exact) mass is 488 g/mol. The lowest BCUT2D eigenvalue weighted by atomic mass is 9.68. The van der Waals surface area contributed by atoms with Gasteiger partial charge in [0.15, 0.2) is 23.0 Å². The van der Waals surface area contributed by atoms with Crippen LogP contribution in [-0.2, 0) is 11.8 Å². The van der Waals surface area contributed by atoms with Gasteiger partial charge in [0.1, 0.15) is 0 Å². The molecule has 7 nitrogen and oxygen atoms in total. The van der Waals surface area contributed by atoms with Gasteiger partial charge in [0.05, 0.1) is 35.5 Å². The molecule has 35 heavy (non-hydrogen) atoms. The molecule has 0 aliphatic heterocycles. The molecular weight excluding hydrogens is 444 g/mol. The second-order valence-corrected chi connectivity index (χ2v) is 9.28. The molecule has 0 saturated carbocycles. The first-order chi connectivity index (χ1) is 16.8. The Morgan fingerprint density at radius 1 is 0.800 bits per heavy atom. The normalized spacial score (nSPS) is 13.0. The summed E-state index contributed by atoms with van der Waals surface area (Å²) in [6.45, 7) is 6.94. The van der Waals surface area contributed by atoms with E-state index in [1.54, 1.807) is 35.5 Å². The summed E-state index contributed by atoms with van der Waals surface area (Å²) in [7, 11) is 10.4. The highest BCUT2D eigenvalue weighted by molar-refractivity contribution is 5.55. The zero-order valence-electron chi connectivity index (χ0n) is 22.8. The average Bonchev–Trinajstić information content (AvgIpc) is 2.88. The molecule has 0 heterocycles. The van der Waals surface area contributed by atoms with Gasteiger partial charge in [-0.2, -0.15) is 0 Å². The van der Waals surface area contributed by atoms with Gasteiger partial charge in [-0.1, -0.05) is 19.9 Å². The highest BCUT2D eigenvalue weighted by Crippen LogP contribution is 2.45. The van der Waals surface area contributed by atoms with Crippen molar-refractivity contribution in [3.05, 3.63) is 41.5 Å². The summed E-state index contributed by atoms with van der Waals surface area (Å²) >= 11 is 0. The van der Waals surface area contributed by atoms with E-state index in [-0.39, 0.29) is 5.41 Å². The molecule has 0 aliphatic carbocycles. The maximum Gasteiger partial charge on any atom is 0.203 e. The van der Waals surface area contributed by atoms with Crippen molar-refractivity contribution in [1.29, 1.82) is 0 Å². The lowest BCUT2D eigenvalue weighted by Gasteiger charge is -2.38. The molecule has 2 rings (SSSR count). The molecule has 7 heteroatoms. The summed E-state index contributed by atoms with van der Waals surface area (Å²) in [6, 6.07) is 10.2. The molecule has 0 amide bonds. The fraction of sp³-hybridized carbons (Fsp3) is 0.571. The summed E-state index contributed by atoms with van der Waals surface area (Å²) in [6.07, 6.45) is 2.92. The van der Waals surface area contributed by atoms with E-state index in [1.807, 2.05) is 6.07 Å². The van der Waals surface area contributed by atoms with Crippen molar-refractivity contribution in [2.24, 2.45) is 11.7 Å². The Hall–Kier alpha value is -2.64. The third-order valence-electron chi connectivity index (χ3n) is 7.10. The maximum absolute atomic E-state index is 6.45. The molecule has 2 aromatic rings. The van der Waals surface area contributed by atoms with Gasteiger partial charge in [-0.15, -0.1) is 0 Å². The first-order valence-electron chi connectivity index (χ1n) is 12.2. The largest absolute Gasteiger partial charge is 0.493 e. The third kappa shape index (κ3) is 6.73. The maximum atomic E-state index is 6.45. The van der Waals surface area contributed by atoms with Crippen LogP contribution in [0.4, 0.5) is 0 Å². The van der Waals surface area contributed by atoms with E-state index in [9.17, 15) is 0 Å². The summed E-state index contributed by atoms with van der Waals surface area (Å²) < 4.78 is 27.5. The van der Waals surface area contributed by atoms with E-state index >= 15 is 0 Å². The Kier molecular flexibility index (Phi) is 11.0. The van der Waals surface area contributed by atoms with E-state index in [0.29, 0.717) is 29.7 Å². The number of nitrogens with zero attached hydrogens (tertiary/aromatic N) is 1. The molecule has 0 fully saturated rings. The first kappa shape index (κ1) is 28.6. The molecular formula is C28H44N2O5. The molecule has 0 aliphatic rings. The third-order valence-corrected chi connectivity index (χ3v) is 7.10. The van der Waals surface area contributed by atoms with Crippen molar-refractivity contribution < 1.29 is 23.7 Å². The van der Waals surface area contributed by atoms with Crippen LogP contribution >= 0.6 is 0 Å². The predicted octanol–water partition coefficient (Wildman–Crippen LogP) is 4.54. The second-order valence-electron chi connectivity index (χ2n) is 9.28. The van der Waals surface area contributed by atoms with Crippen molar-refractivity contribution >= 4 is 0 Å². The molecule has 1 unspecified atom stereocenters. The van der Waals surface area contributed by atoms with Crippen molar-refractivity contribution in [1.82, 2.24) is 4.90 Å². The second kappa shape index (κ2) is 13.4. The van der Waals surface area contributed by atoms with Crippen molar-refractivity contribution in [3.63, 3.8) is 0 Å². The van der Waals surface area contributed by atoms with Crippen LogP contribution in [0.5, 0.6) is 28.7 Å². The van der Waals surface area contributed by atoms with Gasteiger partial charge in [0, 0.05) is 18.5 Å². The number of ether oxygens (including phenoxy) is 5. The van der Waals surface area contributed by atoms with Crippen molar-refractivity contribution in [2.45, 2.75) is 38.5 Å². The van der Waals surface area contributed by atoms with Gasteiger partial charge in [-0.05, 0) is 74.2 Å². The van der Waals surface area contributed by atoms with Gasteiger partial charge < -0.3 is 34.3 Å². The number of hydrogen-bond acceptors (Lipinski definition) is 7. The molecule has 0 radical (unpaired) electrons.